The molecule has 0 saturated heterocycles. The predicted octanol–water partition coefficient (Wildman–Crippen LogP) is 3.23. The van der Waals surface area contributed by atoms with Crippen molar-refractivity contribution in [1.29, 1.82) is 0 Å². The molecule has 2 rings (SSSR count). The molecule has 0 aliphatic carbocycles. The second-order valence-electron chi connectivity index (χ2n) is 5.04. The van der Waals surface area contributed by atoms with Gasteiger partial charge >= 0.3 is 0 Å². The van der Waals surface area contributed by atoms with Gasteiger partial charge in [0.15, 0.2) is 9.84 Å². The number of carbonyl (C=O) groups is 1. The van der Waals surface area contributed by atoms with E-state index in [0.29, 0.717) is 10.6 Å². The van der Waals surface area contributed by atoms with Crippen molar-refractivity contribution in [3.05, 3.63) is 64.7 Å². The highest BCUT2D eigenvalue weighted by atomic mass is 35.5. The molecule has 4 nitrogen and oxygen atoms in total. The summed E-state index contributed by atoms with van der Waals surface area (Å²) in [6, 6.07) is 12.8. The van der Waals surface area contributed by atoms with Gasteiger partial charge in [0, 0.05) is 16.8 Å². The lowest BCUT2D eigenvalue weighted by Crippen LogP contribution is -2.26. The summed E-state index contributed by atoms with van der Waals surface area (Å²) in [5.74, 6) is -0.212. The first kappa shape index (κ1) is 16.5. The molecule has 1 N–H and O–H groups in total. The average molecular weight is 338 g/mol. The van der Waals surface area contributed by atoms with Gasteiger partial charge in [0.05, 0.1) is 10.9 Å². The first-order chi connectivity index (χ1) is 10.3. The highest BCUT2D eigenvalue weighted by Crippen LogP contribution is 2.17. The monoisotopic (exact) mass is 337 g/mol. The fourth-order valence-corrected chi connectivity index (χ4v) is 2.72. The van der Waals surface area contributed by atoms with E-state index in [0.717, 1.165) is 11.8 Å². The molecule has 0 spiro atoms. The van der Waals surface area contributed by atoms with Crippen LogP contribution in [0.4, 0.5) is 0 Å². The number of benzene rings is 2. The van der Waals surface area contributed by atoms with E-state index in [1.54, 1.807) is 36.4 Å². The second-order valence-corrected chi connectivity index (χ2v) is 7.50. The van der Waals surface area contributed by atoms with E-state index in [-0.39, 0.29) is 16.8 Å². The van der Waals surface area contributed by atoms with Crippen LogP contribution >= 0.6 is 11.6 Å². The molecule has 0 fully saturated rings. The number of carbonyl (C=O) groups excluding carboxylic acids is 1. The third kappa shape index (κ3) is 4.08. The Balaban J connectivity index is 2.10. The molecule has 2 aromatic rings. The number of halogens is 1. The van der Waals surface area contributed by atoms with Crippen LogP contribution in [0, 0.1) is 0 Å². The van der Waals surface area contributed by atoms with Gasteiger partial charge in [-0.25, -0.2) is 8.42 Å². The average Bonchev–Trinajstić information content (AvgIpc) is 2.47. The van der Waals surface area contributed by atoms with Gasteiger partial charge in [-0.05, 0) is 48.9 Å². The SMILES string of the molecule is C[C@H](NC(=O)c1ccc(Cl)cc1)c1ccc(S(C)(=O)=O)cc1. The van der Waals surface area contributed by atoms with E-state index in [2.05, 4.69) is 5.32 Å². The normalized spacial score (nSPS) is 12.7. The maximum absolute atomic E-state index is 12.1. The third-order valence-corrected chi connectivity index (χ3v) is 4.64. The Morgan fingerprint density at radius 1 is 1.05 bits per heavy atom. The van der Waals surface area contributed by atoms with Crippen molar-refractivity contribution >= 4 is 27.3 Å². The minimum atomic E-state index is -3.22. The number of rotatable bonds is 4. The second kappa shape index (κ2) is 6.50. The molecule has 6 heteroatoms. The Hall–Kier alpha value is -1.85. The van der Waals surface area contributed by atoms with Gasteiger partial charge in [0.1, 0.15) is 0 Å². The quantitative estimate of drug-likeness (QED) is 0.931. The fourth-order valence-electron chi connectivity index (χ4n) is 1.97. The molecule has 0 aromatic heterocycles. The van der Waals surface area contributed by atoms with E-state index in [4.69, 9.17) is 11.6 Å². The van der Waals surface area contributed by atoms with Crippen molar-refractivity contribution < 1.29 is 13.2 Å². The molecular weight excluding hydrogens is 322 g/mol. The van der Waals surface area contributed by atoms with E-state index >= 15 is 0 Å². The van der Waals surface area contributed by atoms with Gasteiger partial charge in [-0.2, -0.15) is 0 Å². The Morgan fingerprint density at radius 3 is 2.09 bits per heavy atom. The van der Waals surface area contributed by atoms with Crippen molar-refractivity contribution in [1.82, 2.24) is 5.32 Å². The van der Waals surface area contributed by atoms with Crippen LogP contribution in [0.15, 0.2) is 53.4 Å². The zero-order chi connectivity index (χ0) is 16.3. The topological polar surface area (TPSA) is 63.2 Å². The third-order valence-electron chi connectivity index (χ3n) is 3.26. The van der Waals surface area contributed by atoms with Crippen LogP contribution in [-0.2, 0) is 9.84 Å². The van der Waals surface area contributed by atoms with Crippen molar-refractivity contribution in [2.75, 3.05) is 6.26 Å². The molecule has 2 aromatic carbocycles. The predicted molar refractivity (Wildman–Crippen MR) is 86.9 cm³/mol. The summed E-state index contributed by atoms with van der Waals surface area (Å²) in [6.45, 7) is 1.84. The van der Waals surface area contributed by atoms with Crippen LogP contribution in [-0.4, -0.2) is 20.6 Å². The van der Waals surface area contributed by atoms with Gasteiger partial charge in [-0.1, -0.05) is 23.7 Å². The number of hydrogen-bond donors (Lipinski definition) is 1. The molecular formula is C16H16ClNO3S. The number of sulfone groups is 1. The molecule has 0 aliphatic heterocycles. The molecule has 0 aliphatic rings. The molecule has 22 heavy (non-hydrogen) atoms. The summed E-state index contributed by atoms with van der Waals surface area (Å²) in [4.78, 5) is 12.4. The summed E-state index contributed by atoms with van der Waals surface area (Å²) >= 11 is 5.79. The van der Waals surface area contributed by atoms with Gasteiger partial charge < -0.3 is 5.32 Å². The van der Waals surface area contributed by atoms with Gasteiger partial charge in [0.2, 0.25) is 0 Å². The highest BCUT2D eigenvalue weighted by Gasteiger charge is 2.13. The molecule has 1 amide bonds. The number of amides is 1. The van der Waals surface area contributed by atoms with Crippen molar-refractivity contribution in [2.24, 2.45) is 0 Å². The summed E-state index contributed by atoms with van der Waals surface area (Å²) in [5, 5.41) is 3.43. The molecule has 116 valence electrons. The molecule has 0 radical (unpaired) electrons. The van der Waals surface area contributed by atoms with Crippen molar-refractivity contribution in [2.45, 2.75) is 17.9 Å². The standard InChI is InChI=1S/C16H16ClNO3S/c1-11(12-5-9-15(10-6-12)22(2,20)21)18-16(19)13-3-7-14(17)8-4-13/h3-11H,1-2H3,(H,18,19)/t11-/m0/s1. The highest BCUT2D eigenvalue weighted by molar-refractivity contribution is 7.90. The van der Waals surface area contributed by atoms with E-state index in [1.807, 2.05) is 6.92 Å². The summed E-state index contributed by atoms with van der Waals surface area (Å²) < 4.78 is 22.8. The minimum Gasteiger partial charge on any atom is -0.346 e. The Labute approximate surface area is 135 Å². The largest absolute Gasteiger partial charge is 0.346 e. The Bertz CT molecular complexity index is 768. The molecule has 0 saturated carbocycles. The van der Waals surface area contributed by atoms with Gasteiger partial charge in [0.25, 0.3) is 5.91 Å². The maximum atomic E-state index is 12.1. The lowest BCUT2D eigenvalue weighted by molar-refractivity contribution is 0.0940. The van der Waals surface area contributed by atoms with Crippen LogP contribution in [0.2, 0.25) is 5.02 Å². The minimum absolute atomic E-state index is 0.212. The lowest BCUT2D eigenvalue weighted by Gasteiger charge is -2.15. The Morgan fingerprint density at radius 2 is 1.59 bits per heavy atom. The zero-order valence-electron chi connectivity index (χ0n) is 12.2. The summed E-state index contributed by atoms with van der Waals surface area (Å²) in [6.07, 6.45) is 1.16. The van der Waals surface area contributed by atoms with Crippen LogP contribution < -0.4 is 5.32 Å². The zero-order valence-corrected chi connectivity index (χ0v) is 13.8. The van der Waals surface area contributed by atoms with Crippen LogP contribution in [0.1, 0.15) is 28.9 Å². The van der Waals surface area contributed by atoms with Crippen molar-refractivity contribution in [3.63, 3.8) is 0 Å². The van der Waals surface area contributed by atoms with Crippen molar-refractivity contribution in [3.8, 4) is 0 Å². The molecule has 0 unspecified atom stereocenters. The molecule has 1 atom stereocenters. The van der Waals surface area contributed by atoms with E-state index in [9.17, 15) is 13.2 Å². The summed E-state index contributed by atoms with van der Waals surface area (Å²) in [5.41, 5.74) is 1.35. The first-order valence-corrected chi connectivity index (χ1v) is 8.91. The lowest BCUT2D eigenvalue weighted by atomic mass is 10.1. The van der Waals surface area contributed by atoms with Crippen LogP contribution in [0.25, 0.3) is 0 Å². The van der Waals surface area contributed by atoms with Crippen LogP contribution in [0.5, 0.6) is 0 Å². The first-order valence-electron chi connectivity index (χ1n) is 6.64. The fraction of sp³-hybridized carbons (Fsp3) is 0.188. The Kier molecular flexibility index (Phi) is 4.88. The van der Waals surface area contributed by atoms with Crippen LogP contribution in [0.3, 0.4) is 0 Å². The maximum Gasteiger partial charge on any atom is 0.251 e. The van der Waals surface area contributed by atoms with E-state index in [1.165, 1.54) is 12.1 Å². The smallest absolute Gasteiger partial charge is 0.251 e. The number of hydrogen-bond acceptors (Lipinski definition) is 3. The summed E-state index contributed by atoms with van der Waals surface area (Å²) in [7, 11) is -3.22. The molecule has 0 heterocycles. The number of nitrogens with one attached hydrogen (secondary N) is 1. The van der Waals surface area contributed by atoms with Gasteiger partial charge in [-0.3, -0.25) is 4.79 Å². The van der Waals surface area contributed by atoms with Gasteiger partial charge in [-0.15, -0.1) is 0 Å². The molecule has 0 bridgehead atoms. The van der Waals surface area contributed by atoms with E-state index < -0.39 is 9.84 Å².